The van der Waals surface area contributed by atoms with Gasteiger partial charge in [0.1, 0.15) is 5.52 Å². The van der Waals surface area contributed by atoms with Gasteiger partial charge in [-0.1, -0.05) is 6.07 Å². The summed E-state index contributed by atoms with van der Waals surface area (Å²) in [7, 11) is 1.68. The first kappa shape index (κ1) is 11.1. The van der Waals surface area contributed by atoms with Crippen molar-refractivity contribution in [1.82, 2.24) is 4.98 Å². The SMILES string of the molecule is COCC(CN)c1ccc2oc(C)nc2c1. The molecule has 0 radical (unpaired) electrons. The van der Waals surface area contributed by atoms with Crippen molar-refractivity contribution in [3.63, 3.8) is 0 Å². The summed E-state index contributed by atoms with van der Waals surface area (Å²) in [6.07, 6.45) is 0. The topological polar surface area (TPSA) is 61.3 Å². The lowest BCUT2D eigenvalue weighted by Gasteiger charge is -2.13. The first-order chi connectivity index (χ1) is 7.74. The van der Waals surface area contributed by atoms with E-state index in [-0.39, 0.29) is 5.92 Å². The van der Waals surface area contributed by atoms with E-state index in [2.05, 4.69) is 4.98 Å². The van der Waals surface area contributed by atoms with Gasteiger partial charge in [0.2, 0.25) is 0 Å². The van der Waals surface area contributed by atoms with Crippen molar-refractivity contribution in [3.8, 4) is 0 Å². The van der Waals surface area contributed by atoms with Crippen LogP contribution in [0.15, 0.2) is 22.6 Å². The number of aryl methyl sites for hydroxylation is 1. The van der Waals surface area contributed by atoms with E-state index in [1.165, 1.54) is 0 Å². The Hall–Kier alpha value is -1.39. The fourth-order valence-electron chi connectivity index (χ4n) is 1.82. The standard InChI is InChI=1S/C12H16N2O2/c1-8-14-11-5-9(3-4-12(11)16-8)10(6-13)7-15-2/h3-5,10H,6-7,13H2,1-2H3. The third-order valence-corrected chi connectivity index (χ3v) is 2.64. The molecule has 0 aliphatic heterocycles. The van der Waals surface area contributed by atoms with E-state index < -0.39 is 0 Å². The Morgan fingerprint density at radius 1 is 1.50 bits per heavy atom. The number of aromatic nitrogens is 1. The molecule has 0 saturated carbocycles. The molecule has 0 amide bonds. The third kappa shape index (κ3) is 2.08. The third-order valence-electron chi connectivity index (χ3n) is 2.64. The average molecular weight is 220 g/mol. The predicted molar refractivity (Wildman–Crippen MR) is 62.4 cm³/mol. The van der Waals surface area contributed by atoms with Crippen LogP contribution in [0.5, 0.6) is 0 Å². The second-order valence-electron chi connectivity index (χ2n) is 3.85. The van der Waals surface area contributed by atoms with Crippen molar-refractivity contribution in [2.45, 2.75) is 12.8 Å². The van der Waals surface area contributed by atoms with Gasteiger partial charge in [-0.3, -0.25) is 0 Å². The maximum atomic E-state index is 5.72. The molecule has 2 N–H and O–H groups in total. The van der Waals surface area contributed by atoms with Crippen LogP contribution >= 0.6 is 0 Å². The molecule has 1 heterocycles. The summed E-state index contributed by atoms with van der Waals surface area (Å²) < 4.78 is 10.6. The van der Waals surface area contributed by atoms with Crippen LogP contribution in [-0.4, -0.2) is 25.2 Å². The lowest BCUT2D eigenvalue weighted by atomic mass is 10.00. The van der Waals surface area contributed by atoms with Gasteiger partial charge in [0.15, 0.2) is 11.5 Å². The Balaban J connectivity index is 2.36. The second kappa shape index (κ2) is 4.63. The number of benzene rings is 1. The predicted octanol–water partition coefficient (Wildman–Crippen LogP) is 1.82. The highest BCUT2D eigenvalue weighted by atomic mass is 16.5. The molecule has 0 saturated heterocycles. The fraction of sp³-hybridized carbons (Fsp3) is 0.417. The monoisotopic (exact) mass is 220 g/mol. The maximum absolute atomic E-state index is 5.72. The van der Waals surface area contributed by atoms with Gasteiger partial charge in [0, 0.05) is 26.5 Å². The van der Waals surface area contributed by atoms with E-state index in [1.54, 1.807) is 7.11 Å². The van der Waals surface area contributed by atoms with E-state index in [0.717, 1.165) is 16.7 Å². The summed E-state index contributed by atoms with van der Waals surface area (Å²) in [5.41, 5.74) is 8.55. The van der Waals surface area contributed by atoms with Gasteiger partial charge < -0.3 is 14.9 Å². The molecule has 16 heavy (non-hydrogen) atoms. The summed E-state index contributed by atoms with van der Waals surface area (Å²) in [6, 6.07) is 5.97. The summed E-state index contributed by atoms with van der Waals surface area (Å²) in [5.74, 6) is 0.898. The summed E-state index contributed by atoms with van der Waals surface area (Å²) in [4.78, 5) is 4.30. The van der Waals surface area contributed by atoms with Crippen LogP contribution in [0, 0.1) is 6.92 Å². The van der Waals surface area contributed by atoms with Crippen LogP contribution in [0.1, 0.15) is 17.4 Å². The van der Waals surface area contributed by atoms with Gasteiger partial charge in [-0.25, -0.2) is 4.98 Å². The molecule has 1 aromatic carbocycles. The Morgan fingerprint density at radius 3 is 3.00 bits per heavy atom. The number of rotatable bonds is 4. The van der Waals surface area contributed by atoms with Crippen molar-refractivity contribution >= 4 is 11.1 Å². The van der Waals surface area contributed by atoms with Crippen molar-refractivity contribution in [3.05, 3.63) is 29.7 Å². The first-order valence-electron chi connectivity index (χ1n) is 5.30. The van der Waals surface area contributed by atoms with E-state index in [4.69, 9.17) is 14.9 Å². The lowest BCUT2D eigenvalue weighted by Crippen LogP contribution is -2.17. The molecule has 0 aliphatic carbocycles. The van der Waals surface area contributed by atoms with Crippen molar-refractivity contribution in [2.24, 2.45) is 5.73 Å². The van der Waals surface area contributed by atoms with Gasteiger partial charge in [-0.05, 0) is 17.7 Å². The molecular weight excluding hydrogens is 204 g/mol. The van der Waals surface area contributed by atoms with E-state index >= 15 is 0 Å². The Labute approximate surface area is 94.4 Å². The van der Waals surface area contributed by atoms with Crippen LogP contribution in [-0.2, 0) is 4.74 Å². The van der Waals surface area contributed by atoms with Crippen LogP contribution in [0.3, 0.4) is 0 Å². The fourth-order valence-corrected chi connectivity index (χ4v) is 1.82. The van der Waals surface area contributed by atoms with Crippen LogP contribution in [0.2, 0.25) is 0 Å². The van der Waals surface area contributed by atoms with Crippen molar-refractivity contribution < 1.29 is 9.15 Å². The number of methoxy groups -OCH3 is 1. The minimum Gasteiger partial charge on any atom is -0.441 e. The molecule has 1 aromatic heterocycles. The molecule has 4 heteroatoms. The normalized spacial score (nSPS) is 13.2. The molecule has 1 atom stereocenters. The molecule has 4 nitrogen and oxygen atoms in total. The number of hydrogen-bond donors (Lipinski definition) is 1. The number of ether oxygens (including phenoxy) is 1. The molecular formula is C12H16N2O2. The molecule has 0 spiro atoms. The van der Waals surface area contributed by atoms with Gasteiger partial charge >= 0.3 is 0 Å². The molecule has 0 fully saturated rings. The lowest BCUT2D eigenvalue weighted by molar-refractivity contribution is 0.181. The number of nitrogens with two attached hydrogens (primary N) is 1. The van der Waals surface area contributed by atoms with Crippen molar-refractivity contribution in [2.75, 3.05) is 20.3 Å². The average Bonchev–Trinajstić information content (AvgIpc) is 2.64. The minimum absolute atomic E-state index is 0.214. The molecule has 2 aromatic rings. The molecule has 86 valence electrons. The number of oxazole rings is 1. The van der Waals surface area contributed by atoms with Crippen LogP contribution in [0.25, 0.3) is 11.1 Å². The van der Waals surface area contributed by atoms with Gasteiger partial charge in [-0.2, -0.15) is 0 Å². The minimum atomic E-state index is 0.214. The summed E-state index contributed by atoms with van der Waals surface area (Å²) in [5, 5.41) is 0. The van der Waals surface area contributed by atoms with Gasteiger partial charge in [0.05, 0.1) is 6.61 Å². The summed E-state index contributed by atoms with van der Waals surface area (Å²) >= 11 is 0. The first-order valence-corrected chi connectivity index (χ1v) is 5.30. The Bertz CT molecular complexity index is 479. The highest BCUT2D eigenvalue weighted by molar-refractivity contribution is 5.73. The van der Waals surface area contributed by atoms with Gasteiger partial charge in [-0.15, -0.1) is 0 Å². The van der Waals surface area contributed by atoms with E-state index in [1.807, 2.05) is 25.1 Å². The Kier molecular flexibility index (Phi) is 3.22. The molecule has 1 unspecified atom stereocenters. The maximum Gasteiger partial charge on any atom is 0.192 e. The zero-order valence-corrected chi connectivity index (χ0v) is 9.56. The highest BCUT2D eigenvalue weighted by Crippen LogP contribution is 2.21. The smallest absolute Gasteiger partial charge is 0.192 e. The molecule has 0 bridgehead atoms. The molecule has 0 aliphatic rings. The van der Waals surface area contributed by atoms with Gasteiger partial charge in [0.25, 0.3) is 0 Å². The zero-order chi connectivity index (χ0) is 11.5. The largest absolute Gasteiger partial charge is 0.441 e. The zero-order valence-electron chi connectivity index (χ0n) is 9.56. The number of hydrogen-bond acceptors (Lipinski definition) is 4. The summed E-state index contributed by atoms with van der Waals surface area (Å²) in [6.45, 7) is 3.03. The number of nitrogens with zero attached hydrogens (tertiary/aromatic N) is 1. The number of fused-ring (bicyclic) bond motifs is 1. The van der Waals surface area contributed by atoms with E-state index in [0.29, 0.717) is 19.0 Å². The van der Waals surface area contributed by atoms with Crippen LogP contribution in [0.4, 0.5) is 0 Å². The van der Waals surface area contributed by atoms with Crippen LogP contribution < -0.4 is 5.73 Å². The highest BCUT2D eigenvalue weighted by Gasteiger charge is 2.11. The second-order valence-corrected chi connectivity index (χ2v) is 3.85. The Morgan fingerprint density at radius 2 is 2.31 bits per heavy atom. The molecule has 2 rings (SSSR count). The van der Waals surface area contributed by atoms with Crippen molar-refractivity contribution in [1.29, 1.82) is 0 Å². The quantitative estimate of drug-likeness (QED) is 0.853. The van der Waals surface area contributed by atoms with E-state index in [9.17, 15) is 0 Å².